The lowest BCUT2D eigenvalue weighted by Crippen LogP contribution is -2.40. The number of nitrogens with zero attached hydrogens (tertiary/aromatic N) is 1. The Labute approximate surface area is 129 Å². The molecule has 0 spiro atoms. The van der Waals surface area contributed by atoms with E-state index in [1.54, 1.807) is 0 Å². The minimum Gasteiger partial charge on any atom is -0.465 e. The highest BCUT2D eigenvalue weighted by atomic mass is 16.5. The van der Waals surface area contributed by atoms with Crippen LogP contribution in [0.2, 0.25) is 0 Å². The zero-order chi connectivity index (χ0) is 16.0. The minimum absolute atomic E-state index is 0.222. The van der Waals surface area contributed by atoms with Gasteiger partial charge in [-0.1, -0.05) is 6.92 Å². The van der Waals surface area contributed by atoms with Crippen LogP contribution in [-0.4, -0.2) is 40.9 Å². The molecule has 0 saturated carbocycles. The second-order valence-corrected chi connectivity index (χ2v) is 6.78. The van der Waals surface area contributed by atoms with Crippen molar-refractivity contribution in [3.05, 3.63) is 23.7 Å². The highest BCUT2D eigenvalue weighted by molar-refractivity contribution is 5.05. The summed E-state index contributed by atoms with van der Waals surface area (Å²) < 4.78 is 11.3. The molecule has 0 amide bonds. The van der Waals surface area contributed by atoms with Gasteiger partial charge in [-0.2, -0.15) is 0 Å². The Morgan fingerprint density at radius 1 is 1.33 bits per heavy atom. The van der Waals surface area contributed by atoms with Crippen LogP contribution in [-0.2, 0) is 11.3 Å². The number of hydrogen-bond acceptors (Lipinski definition) is 4. The molecule has 0 unspecified atom stereocenters. The lowest BCUT2D eigenvalue weighted by molar-refractivity contribution is -0.0597. The summed E-state index contributed by atoms with van der Waals surface area (Å²) in [6.07, 6.45) is 0.543. The Kier molecular flexibility index (Phi) is 6.91. The van der Waals surface area contributed by atoms with Crippen molar-refractivity contribution in [3.8, 4) is 0 Å². The fraction of sp³-hybridized carbons (Fsp3) is 0.765. The maximum Gasteiger partial charge on any atom is 0.118 e. The van der Waals surface area contributed by atoms with Crippen LogP contribution in [0.3, 0.4) is 0 Å². The van der Waals surface area contributed by atoms with Crippen molar-refractivity contribution in [1.29, 1.82) is 0 Å². The predicted octanol–water partition coefficient (Wildman–Crippen LogP) is 3.36. The molecule has 4 nitrogen and oxygen atoms in total. The first-order valence-electron chi connectivity index (χ1n) is 7.82. The van der Waals surface area contributed by atoms with Crippen molar-refractivity contribution >= 4 is 0 Å². The summed E-state index contributed by atoms with van der Waals surface area (Å²) in [4.78, 5) is 2.24. The van der Waals surface area contributed by atoms with E-state index in [2.05, 4.69) is 18.7 Å². The van der Waals surface area contributed by atoms with Crippen molar-refractivity contribution in [2.24, 2.45) is 0 Å². The average molecular weight is 297 g/mol. The standard InChI is InChI=1S/C17H31NO3/c1-7-13(2)18(11-16-9-8-14(3)21-16)10-15(19)12-20-17(4,5)6/h8-9,13,15,19H,7,10-12H2,1-6H3/t13-,15-/m1/s1. The quantitative estimate of drug-likeness (QED) is 0.799. The second kappa shape index (κ2) is 7.97. The van der Waals surface area contributed by atoms with E-state index in [9.17, 15) is 5.11 Å². The van der Waals surface area contributed by atoms with E-state index >= 15 is 0 Å². The highest BCUT2D eigenvalue weighted by Crippen LogP contribution is 2.15. The van der Waals surface area contributed by atoms with Gasteiger partial charge in [0.1, 0.15) is 11.5 Å². The van der Waals surface area contributed by atoms with Crippen LogP contribution in [0.1, 0.15) is 52.6 Å². The number of aliphatic hydroxyl groups excluding tert-OH is 1. The molecule has 21 heavy (non-hydrogen) atoms. The van der Waals surface area contributed by atoms with Crippen LogP contribution in [0.4, 0.5) is 0 Å². The van der Waals surface area contributed by atoms with Gasteiger partial charge in [0, 0.05) is 12.6 Å². The van der Waals surface area contributed by atoms with Gasteiger partial charge >= 0.3 is 0 Å². The van der Waals surface area contributed by atoms with Crippen LogP contribution >= 0.6 is 0 Å². The molecular formula is C17H31NO3. The van der Waals surface area contributed by atoms with Gasteiger partial charge in [0.25, 0.3) is 0 Å². The summed E-state index contributed by atoms with van der Waals surface area (Å²) >= 11 is 0. The Balaban J connectivity index is 2.57. The summed E-state index contributed by atoms with van der Waals surface area (Å²) in [6, 6.07) is 4.37. The molecule has 0 aliphatic rings. The van der Waals surface area contributed by atoms with Crippen molar-refractivity contribution in [2.45, 2.75) is 72.3 Å². The highest BCUT2D eigenvalue weighted by Gasteiger charge is 2.20. The first kappa shape index (κ1) is 18.2. The largest absolute Gasteiger partial charge is 0.465 e. The molecule has 4 heteroatoms. The Morgan fingerprint density at radius 2 is 2.00 bits per heavy atom. The molecule has 2 atom stereocenters. The van der Waals surface area contributed by atoms with E-state index in [1.165, 1.54) is 0 Å². The summed E-state index contributed by atoms with van der Waals surface area (Å²) in [5.41, 5.74) is -0.222. The van der Waals surface area contributed by atoms with Crippen molar-refractivity contribution in [3.63, 3.8) is 0 Å². The van der Waals surface area contributed by atoms with E-state index in [0.29, 0.717) is 19.2 Å². The molecule has 0 aliphatic heterocycles. The van der Waals surface area contributed by atoms with Crippen LogP contribution in [0.5, 0.6) is 0 Å². The molecule has 1 rings (SSSR count). The molecule has 0 saturated heterocycles. The van der Waals surface area contributed by atoms with Gasteiger partial charge in [-0.3, -0.25) is 4.90 Å². The Hall–Kier alpha value is -0.840. The normalized spacial score (nSPS) is 15.4. The molecule has 1 aromatic rings. The summed E-state index contributed by atoms with van der Waals surface area (Å²) in [7, 11) is 0. The van der Waals surface area contributed by atoms with Crippen molar-refractivity contribution < 1.29 is 14.3 Å². The molecule has 0 bridgehead atoms. The van der Waals surface area contributed by atoms with Crippen LogP contribution in [0, 0.1) is 6.92 Å². The van der Waals surface area contributed by atoms with Gasteiger partial charge in [-0.25, -0.2) is 0 Å². The SMILES string of the molecule is CC[C@@H](C)N(Cc1ccc(C)o1)C[C@@H](O)COC(C)(C)C. The fourth-order valence-electron chi connectivity index (χ4n) is 2.10. The molecule has 1 aromatic heterocycles. The molecule has 0 fully saturated rings. The van der Waals surface area contributed by atoms with E-state index in [0.717, 1.165) is 24.5 Å². The zero-order valence-electron chi connectivity index (χ0n) is 14.3. The third-order valence-electron chi connectivity index (χ3n) is 3.52. The molecule has 0 aliphatic carbocycles. The summed E-state index contributed by atoms with van der Waals surface area (Å²) in [5, 5.41) is 10.2. The molecule has 0 aromatic carbocycles. The number of rotatable bonds is 8. The van der Waals surface area contributed by atoms with Gasteiger partial charge in [0.15, 0.2) is 0 Å². The third-order valence-corrected chi connectivity index (χ3v) is 3.52. The van der Waals surface area contributed by atoms with Gasteiger partial charge in [-0.15, -0.1) is 0 Å². The number of aliphatic hydroxyl groups is 1. The monoisotopic (exact) mass is 297 g/mol. The minimum atomic E-state index is -0.491. The molecule has 1 heterocycles. The van der Waals surface area contributed by atoms with E-state index < -0.39 is 6.10 Å². The van der Waals surface area contributed by atoms with Gasteiger partial charge in [0.05, 0.1) is 24.9 Å². The van der Waals surface area contributed by atoms with Gasteiger partial charge in [-0.05, 0) is 53.2 Å². The van der Waals surface area contributed by atoms with Gasteiger partial charge in [0.2, 0.25) is 0 Å². The smallest absolute Gasteiger partial charge is 0.118 e. The average Bonchev–Trinajstić information content (AvgIpc) is 2.79. The Morgan fingerprint density at radius 3 is 2.48 bits per heavy atom. The van der Waals surface area contributed by atoms with Crippen LogP contribution in [0.15, 0.2) is 16.5 Å². The maximum absolute atomic E-state index is 10.2. The maximum atomic E-state index is 10.2. The fourth-order valence-corrected chi connectivity index (χ4v) is 2.10. The summed E-state index contributed by atoms with van der Waals surface area (Å²) in [6.45, 7) is 13.9. The van der Waals surface area contributed by atoms with Crippen LogP contribution < -0.4 is 0 Å². The Bertz CT molecular complexity index is 408. The number of furan rings is 1. The second-order valence-electron chi connectivity index (χ2n) is 6.78. The predicted molar refractivity (Wildman–Crippen MR) is 85.3 cm³/mol. The lowest BCUT2D eigenvalue weighted by atomic mass is 10.1. The third kappa shape index (κ3) is 7.11. The first-order valence-corrected chi connectivity index (χ1v) is 7.82. The number of hydrogen-bond donors (Lipinski definition) is 1. The summed E-state index contributed by atoms with van der Waals surface area (Å²) in [5.74, 6) is 1.86. The topological polar surface area (TPSA) is 45.8 Å². The zero-order valence-corrected chi connectivity index (χ0v) is 14.3. The lowest BCUT2D eigenvalue weighted by Gasteiger charge is -2.30. The van der Waals surface area contributed by atoms with Crippen molar-refractivity contribution in [1.82, 2.24) is 4.90 Å². The first-order chi connectivity index (χ1) is 9.71. The van der Waals surface area contributed by atoms with Crippen molar-refractivity contribution in [2.75, 3.05) is 13.2 Å². The molecule has 1 N–H and O–H groups in total. The van der Waals surface area contributed by atoms with E-state index in [-0.39, 0.29) is 5.60 Å². The number of aryl methyl sites for hydroxylation is 1. The van der Waals surface area contributed by atoms with Crippen LogP contribution in [0.25, 0.3) is 0 Å². The van der Waals surface area contributed by atoms with Gasteiger partial charge < -0.3 is 14.3 Å². The molecule has 0 radical (unpaired) electrons. The van der Waals surface area contributed by atoms with E-state index in [4.69, 9.17) is 9.15 Å². The number of ether oxygens (including phenoxy) is 1. The van der Waals surface area contributed by atoms with E-state index in [1.807, 2.05) is 39.8 Å². The molecular weight excluding hydrogens is 266 g/mol. The molecule has 122 valence electrons.